The van der Waals surface area contributed by atoms with E-state index in [4.69, 9.17) is 4.18 Å². The SMILES string of the molecule is CC(=O)c1cccc(OS(=O)(=O)CCC(C)(C)C)c1. The number of ketones is 1. The third-order valence-corrected chi connectivity index (χ3v) is 3.72. The van der Waals surface area contributed by atoms with Gasteiger partial charge in [0.05, 0.1) is 5.75 Å². The fraction of sp³-hybridized carbons (Fsp3) is 0.500. The molecule has 0 radical (unpaired) electrons. The number of rotatable bonds is 5. The second kappa shape index (κ2) is 5.74. The highest BCUT2D eigenvalue weighted by molar-refractivity contribution is 7.87. The van der Waals surface area contributed by atoms with Gasteiger partial charge in [-0.3, -0.25) is 4.79 Å². The van der Waals surface area contributed by atoms with Crippen LogP contribution in [0.4, 0.5) is 0 Å². The van der Waals surface area contributed by atoms with Crippen LogP contribution in [0.1, 0.15) is 44.5 Å². The van der Waals surface area contributed by atoms with Gasteiger partial charge in [0.15, 0.2) is 5.78 Å². The summed E-state index contributed by atoms with van der Waals surface area (Å²) >= 11 is 0. The van der Waals surface area contributed by atoms with Gasteiger partial charge >= 0.3 is 10.1 Å². The first-order valence-corrected chi connectivity index (χ1v) is 7.70. The summed E-state index contributed by atoms with van der Waals surface area (Å²) in [5.41, 5.74) is 0.362. The summed E-state index contributed by atoms with van der Waals surface area (Å²) in [4.78, 5) is 11.2. The number of hydrogen-bond donors (Lipinski definition) is 0. The predicted molar refractivity (Wildman–Crippen MR) is 74.9 cm³/mol. The summed E-state index contributed by atoms with van der Waals surface area (Å²) < 4.78 is 28.6. The molecule has 0 spiro atoms. The Morgan fingerprint density at radius 1 is 1.26 bits per heavy atom. The van der Waals surface area contributed by atoms with Crippen molar-refractivity contribution in [2.24, 2.45) is 5.41 Å². The van der Waals surface area contributed by atoms with E-state index in [-0.39, 0.29) is 22.7 Å². The topological polar surface area (TPSA) is 60.4 Å². The Balaban J connectivity index is 2.78. The van der Waals surface area contributed by atoms with Crippen LogP contribution in [0, 0.1) is 5.41 Å². The van der Waals surface area contributed by atoms with Crippen molar-refractivity contribution >= 4 is 15.9 Å². The molecule has 0 saturated carbocycles. The normalized spacial score (nSPS) is 12.2. The Labute approximate surface area is 114 Å². The minimum atomic E-state index is -3.62. The van der Waals surface area contributed by atoms with Crippen molar-refractivity contribution in [1.82, 2.24) is 0 Å². The molecule has 0 aliphatic heterocycles. The van der Waals surface area contributed by atoms with Crippen molar-refractivity contribution in [3.63, 3.8) is 0 Å². The van der Waals surface area contributed by atoms with Crippen LogP contribution in [-0.4, -0.2) is 20.0 Å². The van der Waals surface area contributed by atoms with Gasteiger partial charge in [0.2, 0.25) is 0 Å². The van der Waals surface area contributed by atoms with Crippen LogP contribution >= 0.6 is 0 Å². The molecular weight excluding hydrogens is 264 g/mol. The summed E-state index contributed by atoms with van der Waals surface area (Å²) in [7, 11) is -3.62. The van der Waals surface area contributed by atoms with Crippen molar-refractivity contribution in [1.29, 1.82) is 0 Å². The van der Waals surface area contributed by atoms with Gasteiger partial charge in [-0.25, -0.2) is 0 Å². The van der Waals surface area contributed by atoms with Gasteiger partial charge in [0.25, 0.3) is 0 Å². The zero-order chi connectivity index (χ0) is 14.7. The highest BCUT2D eigenvalue weighted by Crippen LogP contribution is 2.21. The van der Waals surface area contributed by atoms with E-state index in [1.807, 2.05) is 20.8 Å². The summed E-state index contributed by atoms with van der Waals surface area (Å²) in [5, 5.41) is 0. The van der Waals surface area contributed by atoms with Crippen molar-refractivity contribution in [3.8, 4) is 5.75 Å². The molecule has 0 heterocycles. The standard InChI is InChI=1S/C14H20O4S/c1-11(15)12-6-5-7-13(10-12)18-19(16,17)9-8-14(2,3)4/h5-7,10H,8-9H2,1-4H3. The molecule has 1 aromatic rings. The fourth-order valence-corrected chi connectivity index (χ4v) is 2.73. The Morgan fingerprint density at radius 3 is 2.42 bits per heavy atom. The average molecular weight is 284 g/mol. The average Bonchev–Trinajstić information content (AvgIpc) is 2.25. The molecule has 1 rings (SSSR count). The van der Waals surface area contributed by atoms with Gasteiger partial charge in [-0.05, 0) is 30.9 Å². The van der Waals surface area contributed by atoms with Gasteiger partial charge in [-0.1, -0.05) is 32.9 Å². The molecule has 0 aliphatic carbocycles. The zero-order valence-electron chi connectivity index (χ0n) is 11.8. The highest BCUT2D eigenvalue weighted by atomic mass is 32.2. The summed E-state index contributed by atoms with van der Waals surface area (Å²) in [6, 6.07) is 6.19. The van der Waals surface area contributed by atoms with Gasteiger partial charge in [-0.15, -0.1) is 0 Å². The first-order chi connectivity index (χ1) is 8.59. The molecule has 0 bridgehead atoms. The van der Waals surface area contributed by atoms with E-state index in [1.165, 1.54) is 19.1 Å². The molecule has 0 aliphatic rings. The number of Topliss-reactive ketones (excluding diaryl/α,β-unsaturated/α-hetero) is 1. The van der Waals surface area contributed by atoms with Crippen LogP contribution in [0.25, 0.3) is 0 Å². The van der Waals surface area contributed by atoms with Gasteiger partial charge in [-0.2, -0.15) is 8.42 Å². The number of hydrogen-bond acceptors (Lipinski definition) is 4. The highest BCUT2D eigenvalue weighted by Gasteiger charge is 2.19. The van der Waals surface area contributed by atoms with E-state index in [9.17, 15) is 13.2 Å². The maximum Gasteiger partial charge on any atom is 0.309 e. The van der Waals surface area contributed by atoms with Gasteiger partial charge in [0.1, 0.15) is 5.75 Å². The van der Waals surface area contributed by atoms with E-state index >= 15 is 0 Å². The van der Waals surface area contributed by atoms with Crippen LogP contribution < -0.4 is 4.18 Å². The third kappa shape index (κ3) is 5.87. The van der Waals surface area contributed by atoms with E-state index in [1.54, 1.807) is 12.1 Å². The molecule has 4 nitrogen and oxygen atoms in total. The molecular formula is C14H20O4S. The molecule has 1 aromatic carbocycles. The second-order valence-corrected chi connectivity index (χ2v) is 7.43. The van der Waals surface area contributed by atoms with E-state index in [0.29, 0.717) is 12.0 Å². The lowest BCUT2D eigenvalue weighted by Gasteiger charge is -2.17. The molecule has 0 aromatic heterocycles. The maximum atomic E-state index is 11.8. The molecule has 0 saturated heterocycles. The molecule has 19 heavy (non-hydrogen) atoms. The van der Waals surface area contributed by atoms with E-state index in [0.717, 1.165) is 0 Å². The first-order valence-electron chi connectivity index (χ1n) is 6.12. The summed E-state index contributed by atoms with van der Waals surface area (Å²) in [6.07, 6.45) is 0.516. The van der Waals surface area contributed by atoms with Crippen LogP contribution in [0.5, 0.6) is 5.75 Å². The Kier molecular flexibility index (Phi) is 4.74. The van der Waals surface area contributed by atoms with Crippen molar-refractivity contribution in [2.45, 2.75) is 34.1 Å². The molecule has 0 amide bonds. The largest absolute Gasteiger partial charge is 0.382 e. The van der Waals surface area contributed by atoms with E-state index < -0.39 is 10.1 Å². The van der Waals surface area contributed by atoms with Crippen LogP contribution in [0.2, 0.25) is 0 Å². The van der Waals surface area contributed by atoms with Crippen molar-refractivity contribution in [3.05, 3.63) is 29.8 Å². The van der Waals surface area contributed by atoms with Crippen LogP contribution in [0.3, 0.4) is 0 Å². The van der Waals surface area contributed by atoms with Gasteiger partial charge < -0.3 is 4.18 Å². The summed E-state index contributed by atoms with van der Waals surface area (Å²) in [6.45, 7) is 7.34. The van der Waals surface area contributed by atoms with Crippen LogP contribution in [0.15, 0.2) is 24.3 Å². The number of benzene rings is 1. The monoisotopic (exact) mass is 284 g/mol. The lowest BCUT2D eigenvalue weighted by molar-refractivity contribution is 0.101. The fourth-order valence-electron chi connectivity index (χ4n) is 1.39. The number of carbonyl (C=O) groups excluding carboxylic acids is 1. The quantitative estimate of drug-likeness (QED) is 0.616. The Hall–Kier alpha value is -1.36. The molecule has 0 unspecified atom stereocenters. The smallest absolute Gasteiger partial charge is 0.309 e. The molecule has 0 atom stereocenters. The Morgan fingerprint density at radius 2 is 1.89 bits per heavy atom. The van der Waals surface area contributed by atoms with Crippen molar-refractivity contribution in [2.75, 3.05) is 5.75 Å². The predicted octanol–water partition coefficient (Wildman–Crippen LogP) is 3.03. The molecule has 0 N–H and O–H groups in total. The minimum Gasteiger partial charge on any atom is -0.382 e. The molecule has 106 valence electrons. The molecule has 5 heteroatoms. The zero-order valence-corrected chi connectivity index (χ0v) is 12.6. The van der Waals surface area contributed by atoms with Crippen LogP contribution in [-0.2, 0) is 10.1 Å². The summed E-state index contributed by atoms with van der Waals surface area (Å²) in [5.74, 6) is 0.0139. The lowest BCUT2D eigenvalue weighted by Crippen LogP contribution is -2.19. The Bertz CT molecular complexity index is 553. The molecule has 0 fully saturated rings. The number of carbonyl (C=O) groups is 1. The minimum absolute atomic E-state index is 0.0409. The van der Waals surface area contributed by atoms with Crippen molar-refractivity contribution < 1.29 is 17.4 Å². The first kappa shape index (κ1) is 15.7. The van der Waals surface area contributed by atoms with E-state index in [2.05, 4.69) is 0 Å². The lowest BCUT2D eigenvalue weighted by atomic mass is 9.94. The maximum absolute atomic E-state index is 11.8. The van der Waals surface area contributed by atoms with Gasteiger partial charge in [0, 0.05) is 5.56 Å². The third-order valence-electron chi connectivity index (χ3n) is 2.57. The second-order valence-electron chi connectivity index (χ2n) is 5.74.